The fourth-order valence-corrected chi connectivity index (χ4v) is 2.92. The second-order valence-corrected chi connectivity index (χ2v) is 6.59. The largest absolute Gasteiger partial charge is 0.375 e. The molecule has 0 N–H and O–H groups in total. The van der Waals surface area contributed by atoms with Gasteiger partial charge in [0.1, 0.15) is 5.76 Å². The van der Waals surface area contributed by atoms with Crippen molar-refractivity contribution >= 4 is 5.91 Å². The van der Waals surface area contributed by atoms with Gasteiger partial charge in [0.05, 0.1) is 13.2 Å². The Morgan fingerprint density at radius 1 is 1.40 bits per heavy atom. The van der Waals surface area contributed by atoms with Gasteiger partial charge in [-0.2, -0.15) is 0 Å². The molecule has 134 valence electrons. The van der Waals surface area contributed by atoms with E-state index in [0.29, 0.717) is 37.8 Å². The van der Waals surface area contributed by atoms with Crippen LogP contribution in [0.25, 0.3) is 0 Å². The predicted molar refractivity (Wildman–Crippen MR) is 92.1 cm³/mol. The van der Waals surface area contributed by atoms with Gasteiger partial charge in [-0.1, -0.05) is 5.16 Å². The van der Waals surface area contributed by atoms with Crippen LogP contribution in [-0.4, -0.2) is 59.6 Å². The number of hydrogen-bond donors (Lipinski definition) is 0. The van der Waals surface area contributed by atoms with Crippen LogP contribution < -0.4 is 0 Å². The molecule has 1 aliphatic rings. The number of hydrogen-bond acceptors (Lipinski definition) is 6. The molecule has 1 aliphatic heterocycles. The molecule has 2 aromatic rings. The van der Waals surface area contributed by atoms with Gasteiger partial charge in [-0.05, 0) is 44.1 Å². The standard InChI is InChI=1S/C18H24N4O3/c1-13-8-17(20-25-13)18(23)22-5-4-16-14(11-22)9-19-10-15(16)12-24-7-6-21(2)3/h8-10H,4-7,11-12H2,1-3H3. The summed E-state index contributed by atoms with van der Waals surface area (Å²) in [5, 5.41) is 3.82. The van der Waals surface area contributed by atoms with E-state index in [2.05, 4.69) is 15.0 Å². The summed E-state index contributed by atoms with van der Waals surface area (Å²) in [6, 6.07) is 1.67. The number of pyridine rings is 1. The number of ether oxygens (including phenoxy) is 1. The van der Waals surface area contributed by atoms with Crippen molar-refractivity contribution in [2.24, 2.45) is 0 Å². The summed E-state index contributed by atoms with van der Waals surface area (Å²) in [5.41, 5.74) is 3.80. The van der Waals surface area contributed by atoms with Crippen molar-refractivity contribution in [2.45, 2.75) is 26.5 Å². The van der Waals surface area contributed by atoms with Gasteiger partial charge in [0, 0.05) is 38.1 Å². The summed E-state index contributed by atoms with van der Waals surface area (Å²) in [6.45, 7) is 5.11. The normalized spacial score (nSPS) is 14.0. The van der Waals surface area contributed by atoms with Gasteiger partial charge in [0.15, 0.2) is 5.69 Å². The first kappa shape index (κ1) is 17.6. The number of aromatic nitrogens is 2. The smallest absolute Gasteiger partial charge is 0.276 e. The monoisotopic (exact) mass is 344 g/mol. The van der Waals surface area contributed by atoms with Gasteiger partial charge in [0.25, 0.3) is 5.91 Å². The molecule has 7 heteroatoms. The number of aryl methyl sites for hydroxylation is 1. The number of fused-ring (bicyclic) bond motifs is 1. The van der Waals surface area contributed by atoms with Crippen LogP contribution >= 0.6 is 0 Å². The van der Waals surface area contributed by atoms with Crippen LogP contribution in [0.3, 0.4) is 0 Å². The first-order chi connectivity index (χ1) is 12.0. The van der Waals surface area contributed by atoms with Crippen molar-refractivity contribution in [3.8, 4) is 0 Å². The van der Waals surface area contributed by atoms with Gasteiger partial charge in [-0.15, -0.1) is 0 Å². The van der Waals surface area contributed by atoms with E-state index < -0.39 is 0 Å². The van der Waals surface area contributed by atoms with Crippen LogP contribution in [0.5, 0.6) is 0 Å². The average molecular weight is 344 g/mol. The molecule has 0 fully saturated rings. The fraction of sp³-hybridized carbons (Fsp3) is 0.500. The first-order valence-electron chi connectivity index (χ1n) is 8.44. The molecule has 0 unspecified atom stereocenters. The molecule has 25 heavy (non-hydrogen) atoms. The molecule has 0 aromatic carbocycles. The van der Waals surface area contributed by atoms with Crippen molar-refractivity contribution in [2.75, 3.05) is 33.8 Å². The molecule has 0 aliphatic carbocycles. The van der Waals surface area contributed by atoms with Gasteiger partial charge >= 0.3 is 0 Å². The van der Waals surface area contributed by atoms with Crippen LogP contribution in [0.4, 0.5) is 0 Å². The quantitative estimate of drug-likeness (QED) is 0.742. The molecule has 0 spiro atoms. The van der Waals surface area contributed by atoms with E-state index in [4.69, 9.17) is 9.26 Å². The second kappa shape index (κ2) is 7.76. The molecule has 7 nitrogen and oxygen atoms in total. The Hall–Kier alpha value is -2.25. The van der Waals surface area contributed by atoms with Crippen molar-refractivity contribution < 1.29 is 14.1 Å². The lowest BCUT2D eigenvalue weighted by Gasteiger charge is -2.29. The number of rotatable bonds is 6. The molecule has 0 saturated heterocycles. The maximum absolute atomic E-state index is 12.5. The molecule has 0 radical (unpaired) electrons. The number of amides is 1. The second-order valence-electron chi connectivity index (χ2n) is 6.59. The minimum atomic E-state index is -0.102. The maximum atomic E-state index is 12.5. The summed E-state index contributed by atoms with van der Waals surface area (Å²) in [5.74, 6) is 0.537. The Bertz CT molecular complexity index is 742. The molecule has 2 aromatic heterocycles. The van der Waals surface area contributed by atoms with Crippen LogP contribution in [-0.2, 0) is 24.3 Å². The van der Waals surface area contributed by atoms with E-state index in [9.17, 15) is 4.79 Å². The van der Waals surface area contributed by atoms with E-state index in [0.717, 1.165) is 24.1 Å². The zero-order valence-corrected chi connectivity index (χ0v) is 15.0. The van der Waals surface area contributed by atoms with Gasteiger partial charge in [-0.25, -0.2) is 0 Å². The topological polar surface area (TPSA) is 71.7 Å². The Labute approximate surface area is 147 Å². The third kappa shape index (κ3) is 4.24. The van der Waals surface area contributed by atoms with Gasteiger partial charge in [-0.3, -0.25) is 9.78 Å². The molecule has 0 atom stereocenters. The Morgan fingerprint density at radius 3 is 2.96 bits per heavy atom. The number of nitrogens with zero attached hydrogens (tertiary/aromatic N) is 4. The predicted octanol–water partition coefficient (Wildman–Crippen LogP) is 1.65. The van der Waals surface area contributed by atoms with Crippen molar-refractivity contribution in [3.05, 3.63) is 46.6 Å². The highest BCUT2D eigenvalue weighted by Gasteiger charge is 2.25. The molecule has 0 bridgehead atoms. The van der Waals surface area contributed by atoms with Crippen LogP contribution in [0.1, 0.15) is 32.9 Å². The average Bonchev–Trinajstić information content (AvgIpc) is 3.04. The molecular weight excluding hydrogens is 320 g/mol. The molecule has 1 amide bonds. The highest BCUT2D eigenvalue weighted by molar-refractivity contribution is 5.92. The lowest BCUT2D eigenvalue weighted by molar-refractivity contribution is 0.0721. The Morgan fingerprint density at radius 2 is 2.24 bits per heavy atom. The third-order valence-electron chi connectivity index (χ3n) is 4.30. The maximum Gasteiger partial charge on any atom is 0.276 e. The Kier molecular flexibility index (Phi) is 5.45. The summed E-state index contributed by atoms with van der Waals surface area (Å²) in [4.78, 5) is 20.7. The van der Waals surface area contributed by atoms with Crippen molar-refractivity contribution in [3.63, 3.8) is 0 Å². The first-order valence-corrected chi connectivity index (χ1v) is 8.44. The summed E-state index contributed by atoms with van der Waals surface area (Å²) < 4.78 is 10.8. The number of carbonyl (C=O) groups excluding carboxylic acids is 1. The van der Waals surface area contributed by atoms with E-state index >= 15 is 0 Å². The number of likely N-dealkylation sites (N-methyl/N-ethyl adjacent to an activating group) is 1. The van der Waals surface area contributed by atoms with Crippen LogP contribution in [0, 0.1) is 6.92 Å². The summed E-state index contributed by atoms with van der Waals surface area (Å²) in [7, 11) is 4.05. The molecule has 3 heterocycles. The van der Waals surface area contributed by atoms with E-state index in [1.54, 1.807) is 17.9 Å². The van der Waals surface area contributed by atoms with Gasteiger partial charge in [0.2, 0.25) is 0 Å². The fourth-order valence-electron chi connectivity index (χ4n) is 2.92. The molecule has 0 saturated carbocycles. The van der Waals surface area contributed by atoms with E-state index in [-0.39, 0.29) is 5.91 Å². The van der Waals surface area contributed by atoms with Crippen LogP contribution in [0.2, 0.25) is 0 Å². The minimum Gasteiger partial charge on any atom is -0.375 e. The van der Waals surface area contributed by atoms with E-state index in [1.807, 2.05) is 26.5 Å². The Balaban J connectivity index is 1.65. The number of carbonyl (C=O) groups is 1. The highest BCUT2D eigenvalue weighted by atomic mass is 16.5. The van der Waals surface area contributed by atoms with Crippen molar-refractivity contribution in [1.82, 2.24) is 19.9 Å². The molecule has 3 rings (SSSR count). The van der Waals surface area contributed by atoms with Crippen LogP contribution in [0.15, 0.2) is 23.0 Å². The van der Waals surface area contributed by atoms with Crippen molar-refractivity contribution in [1.29, 1.82) is 0 Å². The highest BCUT2D eigenvalue weighted by Crippen LogP contribution is 2.23. The zero-order valence-electron chi connectivity index (χ0n) is 15.0. The van der Waals surface area contributed by atoms with Gasteiger partial charge < -0.3 is 19.1 Å². The third-order valence-corrected chi connectivity index (χ3v) is 4.30. The SMILES string of the molecule is Cc1cc(C(=O)N2CCc3c(COCCN(C)C)cncc3C2)no1. The summed E-state index contributed by atoms with van der Waals surface area (Å²) >= 11 is 0. The molecular formula is C18H24N4O3. The lowest BCUT2D eigenvalue weighted by Crippen LogP contribution is -2.36. The van der Waals surface area contributed by atoms with E-state index in [1.165, 1.54) is 5.56 Å². The lowest BCUT2D eigenvalue weighted by atomic mass is 9.97. The summed E-state index contributed by atoms with van der Waals surface area (Å²) in [6.07, 6.45) is 4.51. The minimum absolute atomic E-state index is 0.102. The zero-order chi connectivity index (χ0) is 17.8.